The number of nitriles is 1. The first kappa shape index (κ1) is 20.8. The summed E-state index contributed by atoms with van der Waals surface area (Å²) >= 11 is 12.0. The Kier molecular flexibility index (Phi) is 9.25. The van der Waals surface area contributed by atoms with Crippen molar-refractivity contribution in [2.75, 3.05) is 13.2 Å². The van der Waals surface area contributed by atoms with Crippen molar-refractivity contribution < 1.29 is 4.74 Å². The standard InChI is InChI=1S/C19H21Cl2N5O/c20-16-6-5-7-17(18(16)21)27-13-4-2-1-3-10-24-19(25-14-22)26-15-8-11-23-12-9-15/h5-9,11-12H,1-4,10,13H2,(H2,23,24,25,26). The Balaban J connectivity index is 1.61. The van der Waals surface area contributed by atoms with E-state index in [9.17, 15) is 0 Å². The van der Waals surface area contributed by atoms with Crippen LogP contribution in [0.2, 0.25) is 10.0 Å². The number of rotatable bonds is 9. The summed E-state index contributed by atoms with van der Waals surface area (Å²) in [5.74, 6) is 1.05. The summed E-state index contributed by atoms with van der Waals surface area (Å²) < 4.78 is 5.66. The highest BCUT2D eigenvalue weighted by Crippen LogP contribution is 2.31. The van der Waals surface area contributed by atoms with Gasteiger partial charge in [-0.25, -0.2) is 4.99 Å². The average Bonchev–Trinajstić information content (AvgIpc) is 2.68. The number of aliphatic imine (C=N–C) groups is 1. The predicted molar refractivity (Wildman–Crippen MR) is 109 cm³/mol. The number of hydrogen-bond acceptors (Lipinski definition) is 4. The molecule has 27 heavy (non-hydrogen) atoms. The Morgan fingerprint density at radius 1 is 1.11 bits per heavy atom. The lowest BCUT2D eigenvalue weighted by Gasteiger charge is -2.09. The van der Waals surface area contributed by atoms with E-state index in [4.69, 9.17) is 33.2 Å². The van der Waals surface area contributed by atoms with Crippen LogP contribution in [0.25, 0.3) is 0 Å². The van der Waals surface area contributed by atoms with Crippen LogP contribution >= 0.6 is 23.2 Å². The fourth-order valence-electron chi connectivity index (χ4n) is 2.28. The third kappa shape index (κ3) is 7.73. The lowest BCUT2D eigenvalue weighted by atomic mass is 10.2. The van der Waals surface area contributed by atoms with Gasteiger partial charge in [0.2, 0.25) is 5.96 Å². The van der Waals surface area contributed by atoms with Crippen molar-refractivity contribution in [3.63, 3.8) is 0 Å². The molecule has 1 heterocycles. The van der Waals surface area contributed by atoms with Gasteiger partial charge < -0.3 is 10.1 Å². The van der Waals surface area contributed by atoms with E-state index in [1.807, 2.05) is 18.3 Å². The Labute approximate surface area is 169 Å². The van der Waals surface area contributed by atoms with E-state index in [0.717, 1.165) is 37.9 Å². The van der Waals surface area contributed by atoms with Crippen LogP contribution in [0.1, 0.15) is 25.7 Å². The van der Waals surface area contributed by atoms with E-state index in [-0.39, 0.29) is 0 Å². The van der Waals surface area contributed by atoms with Gasteiger partial charge in [0.15, 0.2) is 6.19 Å². The number of nitrogens with one attached hydrogen (secondary N) is 2. The number of pyridine rings is 1. The molecule has 2 N–H and O–H groups in total. The molecule has 0 aliphatic rings. The largest absolute Gasteiger partial charge is 0.492 e. The molecule has 0 atom stereocenters. The van der Waals surface area contributed by atoms with Crippen molar-refractivity contribution in [1.29, 1.82) is 5.26 Å². The Morgan fingerprint density at radius 2 is 1.89 bits per heavy atom. The summed E-state index contributed by atoms with van der Waals surface area (Å²) in [6.07, 6.45) is 9.15. The second-order valence-electron chi connectivity index (χ2n) is 5.64. The van der Waals surface area contributed by atoms with Gasteiger partial charge in [-0.05, 0) is 37.1 Å². The fraction of sp³-hybridized carbons (Fsp3) is 0.316. The highest BCUT2D eigenvalue weighted by atomic mass is 35.5. The summed E-state index contributed by atoms with van der Waals surface area (Å²) in [7, 11) is 0. The molecular formula is C19H21Cl2N5O. The van der Waals surface area contributed by atoms with Crippen LogP contribution in [0.5, 0.6) is 5.75 Å². The fourth-order valence-corrected chi connectivity index (χ4v) is 2.62. The molecule has 1 aromatic heterocycles. The first-order valence-electron chi connectivity index (χ1n) is 8.65. The molecule has 2 aromatic rings. The van der Waals surface area contributed by atoms with Gasteiger partial charge in [0.05, 0.1) is 17.3 Å². The zero-order valence-corrected chi connectivity index (χ0v) is 16.3. The lowest BCUT2D eigenvalue weighted by molar-refractivity contribution is 0.305. The first-order chi connectivity index (χ1) is 13.2. The highest BCUT2D eigenvalue weighted by Gasteiger charge is 2.04. The van der Waals surface area contributed by atoms with Crippen molar-refractivity contribution in [3.8, 4) is 11.9 Å². The quantitative estimate of drug-likeness (QED) is 0.208. The maximum atomic E-state index is 8.82. The smallest absolute Gasteiger partial charge is 0.209 e. The number of unbranched alkanes of at least 4 members (excludes halogenated alkanes) is 3. The molecule has 8 heteroatoms. The van der Waals surface area contributed by atoms with E-state index >= 15 is 0 Å². The molecule has 0 amide bonds. The lowest BCUT2D eigenvalue weighted by Crippen LogP contribution is -2.34. The second-order valence-corrected chi connectivity index (χ2v) is 6.43. The topological polar surface area (TPSA) is 82.3 Å². The summed E-state index contributed by atoms with van der Waals surface area (Å²) in [6.45, 7) is 1.32. The second kappa shape index (κ2) is 12.0. The van der Waals surface area contributed by atoms with Crippen molar-refractivity contribution in [1.82, 2.24) is 15.6 Å². The highest BCUT2D eigenvalue weighted by molar-refractivity contribution is 6.42. The third-order valence-corrected chi connectivity index (χ3v) is 4.42. The van der Waals surface area contributed by atoms with Crippen LogP contribution in [-0.2, 0) is 0 Å². The van der Waals surface area contributed by atoms with Crippen LogP contribution < -0.4 is 15.4 Å². The van der Waals surface area contributed by atoms with Gasteiger partial charge >= 0.3 is 0 Å². The third-order valence-electron chi connectivity index (χ3n) is 3.62. The molecule has 1 aromatic carbocycles. The SMILES string of the molecule is N#CNC(=Nc1ccncc1)NCCCCCCOc1cccc(Cl)c1Cl. The molecule has 0 saturated heterocycles. The molecule has 0 fully saturated rings. The maximum Gasteiger partial charge on any atom is 0.209 e. The van der Waals surface area contributed by atoms with Gasteiger partial charge in [-0.1, -0.05) is 42.1 Å². The number of halogens is 2. The molecule has 0 aliphatic carbocycles. The van der Waals surface area contributed by atoms with E-state index < -0.39 is 0 Å². The van der Waals surface area contributed by atoms with Crippen LogP contribution in [0.15, 0.2) is 47.7 Å². The van der Waals surface area contributed by atoms with Gasteiger partial charge in [-0.3, -0.25) is 10.3 Å². The summed E-state index contributed by atoms with van der Waals surface area (Å²) in [4.78, 5) is 8.27. The predicted octanol–water partition coefficient (Wildman–Crippen LogP) is 4.68. The number of benzene rings is 1. The first-order valence-corrected chi connectivity index (χ1v) is 9.41. The monoisotopic (exact) mass is 405 g/mol. The molecular weight excluding hydrogens is 385 g/mol. The molecule has 2 rings (SSSR count). The van der Waals surface area contributed by atoms with E-state index in [1.54, 1.807) is 30.6 Å². The Hall–Kier alpha value is -2.49. The van der Waals surface area contributed by atoms with Crippen LogP contribution in [0.4, 0.5) is 5.69 Å². The summed E-state index contributed by atoms with van der Waals surface area (Å²) in [5, 5.41) is 15.5. The van der Waals surface area contributed by atoms with E-state index in [1.165, 1.54) is 0 Å². The number of nitrogens with zero attached hydrogens (tertiary/aromatic N) is 3. The van der Waals surface area contributed by atoms with Crippen molar-refractivity contribution in [3.05, 3.63) is 52.8 Å². The average molecular weight is 406 g/mol. The van der Waals surface area contributed by atoms with E-state index in [2.05, 4.69) is 20.6 Å². The van der Waals surface area contributed by atoms with Crippen molar-refractivity contribution in [2.24, 2.45) is 4.99 Å². The molecule has 0 radical (unpaired) electrons. The number of aromatic nitrogens is 1. The van der Waals surface area contributed by atoms with Gasteiger partial charge in [0.1, 0.15) is 10.8 Å². The minimum Gasteiger partial charge on any atom is -0.492 e. The zero-order valence-electron chi connectivity index (χ0n) is 14.8. The minimum atomic E-state index is 0.433. The molecule has 142 valence electrons. The number of hydrogen-bond donors (Lipinski definition) is 2. The molecule has 0 spiro atoms. The van der Waals surface area contributed by atoms with Gasteiger partial charge in [0.25, 0.3) is 0 Å². The van der Waals surface area contributed by atoms with Gasteiger partial charge in [-0.15, -0.1) is 0 Å². The normalized spacial score (nSPS) is 10.9. The summed E-state index contributed by atoms with van der Waals surface area (Å²) in [5.41, 5.74) is 0.729. The van der Waals surface area contributed by atoms with Gasteiger partial charge in [0, 0.05) is 18.9 Å². The van der Waals surface area contributed by atoms with Crippen LogP contribution in [-0.4, -0.2) is 24.1 Å². The Bertz CT molecular complexity index is 777. The zero-order chi connectivity index (χ0) is 19.3. The molecule has 0 saturated carbocycles. The van der Waals surface area contributed by atoms with Crippen LogP contribution in [0, 0.1) is 11.5 Å². The summed E-state index contributed by atoms with van der Waals surface area (Å²) in [6, 6.07) is 8.90. The minimum absolute atomic E-state index is 0.433. The number of guanidine groups is 1. The number of ether oxygens (including phenoxy) is 1. The molecule has 6 nitrogen and oxygen atoms in total. The molecule has 0 unspecified atom stereocenters. The van der Waals surface area contributed by atoms with Crippen molar-refractivity contribution in [2.45, 2.75) is 25.7 Å². The van der Waals surface area contributed by atoms with Gasteiger partial charge in [-0.2, -0.15) is 5.26 Å². The Morgan fingerprint density at radius 3 is 2.67 bits per heavy atom. The molecule has 0 aliphatic heterocycles. The maximum absolute atomic E-state index is 8.82. The van der Waals surface area contributed by atoms with Crippen LogP contribution in [0.3, 0.4) is 0 Å². The molecule has 0 bridgehead atoms. The van der Waals surface area contributed by atoms with Crippen molar-refractivity contribution >= 4 is 34.8 Å². The van der Waals surface area contributed by atoms with E-state index in [0.29, 0.717) is 28.4 Å².